The second-order valence-corrected chi connectivity index (χ2v) is 33.9. The zero-order chi connectivity index (χ0) is 97.7. The monoisotopic (exact) mass is 1870 g/mol. The summed E-state index contributed by atoms with van der Waals surface area (Å²) >= 11 is 0. The van der Waals surface area contributed by atoms with Crippen molar-refractivity contribution in [1.29, 1.82) is 0 Å². The zero-order valence-corrected chi connectivity index (χ0v) is 75.6. The summed E-state index contributed by atoms with van der Waals surface area (Å²) in [5.41, 5.74) is 19.5. The van der Waals surface area contributed by atoms with Gasteiger partial charge in [0.15, 0.2) is 0 Å². The number of hydrogen-bond donors (Lipinski definition) is 21. The van der Waals surface area contributed by atoms with Gasteiger partial charge in [0.25, 0.3) is 0 Å². The molecule has 0 aliphatic carbocycles. The number of unbranched alkanes of at least 4 members (excludes halogenated alkanes) is 2. The van der Waals surface area contributed by atoms with E-state index in [1.807, 2.05) is 13.8 Å². The van der Waals surface area contributed by atoms with Crippen molar-refractivity contribution in [2.24, 2.45) is 17.2 Å². The van der Waals surface area contributed by atoms with E-state index in [0.717, 1.165) is 24.5 Å². The fraction of sp³-hybridized carbons (Fsp3) is 0.517. The molecule has 3 aromatic heterocycles. The lowest BCUT2D eigenvalue weighted by Gasteiger charge is -2.36. The zero-order valence-electron chi connectivity index (χ0n) is 75.6. The normalized spacial score (nSPS) is 25.0. The Labute approximate surface area is 771 Å². The number of H-pyrrole nitrogens is 3. The molecule has 45 nitrogen and oxygen atoms in total. The Kier molecular flexibility index (Phi) is 38.3. The highest BCUT2D eigenvalue weighted by Crippen LogP contribution is 2.28. The summed E-state index contributed by atoms with van der Waals surface area (Å²) in [6, 6.07) is -3.19. The second-order valence-electron chi connectivity index (χ2n) is 33.9. The molecule has 0 saturated carbocycles. The molecule has 0 bridgehead atoms. The maximum Gasteiger partial charge on any atom is 0.246 e. The van der Waals surface area contributed by atoms with Crippen LogP contribution in [0.3, 0.4) is 0 Å². The minimum Gasteiger partial charge on any atom is -0.508 e. The predicted molar refractivity (Wildman–Crippen MR) is 481 cm³/mol. The van der Waals surface area contributed by atoms with Gasteiger partial charge in [-0.3, -0.25) is 86.3 Å². The summed E-state index contributed by atoms with van der Waals surface area (Å²) in [6.45, 7) is 0.702. The van der Waals surface area contributed by atoms with Crippen LogP contribution in [0.2, 0.25) is 0 Å². The van der Waals surface area contributed by atoms with E-state index in [2.05, 4.69) is 78.4 Å². The van der Waals surface area contributed by atoms with Crippen LogP contribution in [-0.4, -0.2) is 329 Å². The Morgan fingerprint density at radius 2 is 1.02 bits per heavy atom. The van der Waals surface area contributed by atoms with Crippen molar-refractivity contribution in [2.45, 2.75) is 227 Å². The number of phenols is 1. The van der Waals surface area contributed by atoms with Crippen LogP contribution in [-0.2, 0) is 112 Å². The summed E-state index contributed by atoms with van der Waals surface area (Å²) in [5, 5.41) is 73.3. The van der Waals surface area contributed by atoms with Crippen LogP contribution in [0.25, 0.3) is 21.8 Å². The van der Waals surface area contributed by atoms with E-state index in [-0.39, 0.29) is 88.7 Å². The molecule has 15 atom stereocenters. The van der Waals surface area contributed by atoms with E-state index in [4.69, 9.17) is 17.2 Å². The van der Waals surface area contributed by atoms with Crippen molar-refractivity contribution in [1.82, 2.24) is 103 Å². The van der Waals surface area contributed by atoms with E-state index in [1.54, 1.807) is 60.9 Å². The van der Waals surface area contributed by atoms with Crippen molar-refractivity contribution in [2.75, 3.05) is 67.1 Å². The second kappa shape index (κ2) is 49.5. The summed E-state index contributed by atoms with van der Waals surface area (Å²) in [7, 11) is 3.84. The Morgan fingerprint density at radius 1 is 0.500 bits per heavy atom. The number of primary amides is 3. The third-order valence-corrected chi connectivity index (χ3v) is 24.1. The molecule has 6 heterocycles. The summed E-state index contributed by atoms with van der Waals surface area (Å²) in [5.74, 6) is -17.9. The lowest BCUT2D eigenvalue weighted by molar-refractivity contribution is -0.149. The molecule has 9 rings (SSSR count). The molecule has 3 aliphatic heterocycles. The van der Waals surface area contributed by atoms with E-state index in [9.17, 15) is 73.2 Å². The first-order valence-electron chi connectivity index (χ1n) is 44.7. The number of nitrogens with one attached hydrogen (secondary N) is 14. The van der Waals surface area contributed by atoms with E-state index >= 15 is 33.6 Å². The van der Waals surface area contributed by atoms with Gasteiger partial charge in [0.2, 0.25) is 106 Å². The van der Waals surface area contributed by atoms with Gasteiger partial charge < -0.3 is 136 Å². The average molecular weight is 1870 g/mol. The number of aromatic hydroxyl groups is 1. The number of amides is 18. The number of rotatable bonds is 24. The Morgan fingerprint density at radius 3 is 1.61 bits per heavy atom. The van der Waals surface area contributed by atoms with E-state index in [1.165, 1.54) is 64.9 Å². The van der Waals surface area contributed by atoms with Crippen LogP contribution in [0.1, 0.15) is 133 Å². The molecule has 726 valence electrons. The Hall–Kier alpha value is -14.0. The third kappa shape index (κ3) is 28.3. The molecule has 134 heavy (non-hydrogen) atoms. The molecule has 24 N–H and O–H groups in total. The first kappa shape index (κ1) is 104. The SMILES string of the molecule is CCCC[C@H]1C(=O)N(C)[C@@H](CCCC)C(=O)N[C@@H](CO)C(=O)N[C@H](C(=O)NCC(N)=O)CCCNCC(=O)N[C@@H](Cc2ccc(O)cc2)C(=O)N(C)[C@@H](C)C(=O)N[C@@H](CC(N)=O)C(=O)N2CCC[C@H]2C(=O)N[C@@H](Cc2cnc[nH]2)C(=O)N[C@@H](CCC(N)=O)C(=O)N2C[C@H](O)C[C@H]2C(=O)N[C@@H](Cc2c[nH]c3ccccc23)C(=O)N[C@@H](CO)C(=O)N[C@@H](Cc2c[nH]c3ccccc23)C(=O)N1C. The first-order valence-corrected chi connectivity index (χ1v) is 44.7. The molecule has 0 unspecified atom stereocenters. The number of carbonyl (C=O) groups excluding carboxylic acids is 18. The summed E-state index contributed by atoms with van der Waals surface area (Å²) in [6.07, 6.45) is 1.96. The topological polar surface area (TPSA) is 675 Å². The van der Waals surface area contributed by atoms with Gasteiger partial charge in [-0.1, -0.05) is 88.1 Å². The van der Waals surface area contributed by atoms with Crippen molar-refractivity contribution in [3.8, 4) is 5.75 Å². The van der Waals surface area contributed by atoms with Crippen molar-refractivity contribution in [3.63, 3.8) is 0 Å². The number of likely N-dealkylation sites (N-methyl/N-ethyl adjacent to an activating group) is 3. The Bertz CT molecular complexity index is 5180. The molecule has 3 aliphatic rings. The largest absolute Gasteiger partial charge is 0.508 e. The van der Waals surface area contributed by atoms with Crippen LogP contribution in [0.5, 0.6) is 5.75 Å². The number of benzene rings is 3. The highest BCUT2D eigenvalue weighted by molar-refractivity contribution is 6.03. The maximum atomic E-state index is 15.6. The maximum absolute atomic E-state index is 15.6. The average Bonchev–Trinajstić information content (AvgIpc) is 1.74. The highest BCUT2D eigenvalue weighted by Gasteiger charge is 2.47. The molecule has 3 fully saturated rings. The summed E-state index contributed by atoms with van der Waals surface area (Å²) in [4.78, 5) is 278. The number of hydrogen-bond acceptors (Lipinski definition) is 24. The molecular weight excluding hydrogens is 1740 g/mol. The molecule has 0 radical (unpaired) electrons. The minimum absolute atomic E-state index is 0.0182. The number of fused-ring (bicyclic) bond motifs is 4. The van der Waals surface area contributed by atoms with Gasteiger partial charge in [-0.05, 0) is 99.4 Å². The number of aliphatic hydroxyl groups excluding tert-OH is 3. The molecule has 45 heteroatoms. The van der Waals surface area contributed by atoms with Crippen LogP contribution in [0.4, 0.5) is 0 Å². The van der Waals surface area contributed by atoms with E-state index in [0.29, 0.717) is 64.2 Å². The number of para-hydroxylation sites is 2. The molecular formula is C89H123N23O22. The number of aliphatic hydroxyl groups is 3. The fourth-order valence-corrected chi connectivity index (χ4v) is 16.5. The third-order valence-electron chi connectivity index (χ3n) is 24.1. The number of aromatic amines is 3. The lowest BCUT2D eigenvalue weighted by Crippen LogP contribution is -2.62. The van der Waals surface area contributed by atoms with Crippen molar-refractivity contribution >= 4 is 128 Å². The number of phenolic OH excluding ortho intramolecular Hbond substituents is 1. The molecule has 6 aromatic rings. The van der Waals surface area contributed by atoms with Gasteiger partial charge in [0.05, 0.1) is 45.2 Å². The standard InChI is InChI=1S/C89H123N23O22/c1-7-9-22-68-82(127)107-67(46-114)80(125)100-59(77(122)97-42-74(92)119)21-15-31-93-43-75(120)99-63(33-49-25-27-53(115)28-26-49)85(130)108(4)48(3)76(121)104-65(38-73(91)118)88(133)111-32-16-24-69(111)83(128)103-62(36-52-41-94-47-98-52)79(124)101-60(29-30-72(90)117)87(132)112-44-54(116)37-71(112)84(129)102-61(34-50-39-95-57-19-13-11-17-55(50)57)78(123)106-66(45-113)81(126)105-64(35-51-40-96-58-20-14-12-18-56(51)58)86(131)110(6)70(23-10-8-2)89(134)109(68)5/h11-14,17-20,25-28,39-41,47-48,54,59-71,93,95-96,113-116H,7-10,15-16,21-24,29-38,42-46H2,1-6H3,(H2,90,117)(H2,91,118)(H2,92,119)(H,94,98)(H,97,122)(H,99,120)(H,100,125)(H,101,124)(H,102,129)(H,103,128)(H,104,121)(H,105,126)(H,106,123)(H,107,127)/t48-,54+,59-,60-,61-,62-,63-,64-,65-,66-,67-,68-,69-,70-,71-/m0/s1. The smallest absolute Gasteiger partial charge is 0.246 e. The number of nitrogens with zero attached hydrogens (tertiary/aromatic N) is 6. The first-order chi connectivity index (χ1) is 63.9. The quantitative estimate of drug-likeness (QED) is 0.0269. The molecule has 3 aromatic carbocycles. The lowest BCUT2D eigenvalue weighted by atomic mass is 10.00. The Balaban J connectivity index is 1.07. The van der Waals surface area contributed by atoms with Crippen LogP contribution in [0, 0.1) is 0 Å². The molecule has 18 amide bonds. The summed E-state index contributed by atoms with van der Waals surface area (Å²) < 4.78 is 0. The predicted octanol–water partition coefficient (Wildman–Crippen LogP) is -5.34. The van der Waals surface area contributed by atoms with Gasteiger partial charge >= 0.3 is 0 Å². The molecule has 0 spiro atoms. The van der Waals surface area contributed by atoms with Crippen LogP contribution < -0.4 is 75.7 Å². The van der Waals surface area contributed by atoms with Crippen molar-refractivity contribution < 1.29 is 107 Å². The fourth-order valence-electron chi connectivity index (χ4n) is 16.5. The number of imidazole rings is 1. The van der Waals surface area contributed by atoms with Crippen LogP contribution >= 0.6 is 0 Å². The van der Waals surface area contributed by atoms with Gasteiger partial charge in [-0.2, -0.15) is 0 Å². The van der Waals surface area contributed by atoms with Gasteiger partial charge in [-0.25, -0.2) is 4.98 Å². The number of aromatic nitrogens is 4. The van der Waals surface area contributed by atoms with Crippen molar-refractivity contribution in [3.05, 3.63) is 120 Å². The van der Waals surface area contributed by atoms with Gasteiger partial charge in [0.1, 0.15) is 90.3 Å². The highest BCUT2D eigenvalue weighted by atomic mass is 16.3. The van der Waals surface area contributed by atoms with E-state index < -0.39 is 256 Å². The number of nitrogens with two attached hydrogens (primary N) is 3. The molecule has 3 saturated heterocycles. The van der Waals surface area contributed by atoms with Gasteiger partial charge in [0, 0.05) is 119 Å². The number of carbonyl (C=O) groups is 18. The van der Waals surface area contributed by atoms with Gasteiger partial charge in [-0.15, -0.1) is 0 Å². The van der Waals surface area contributed by atoms with Crippen LogP contribution in [0.15, 0.2) is 97.7 Å². The minimum atomic E-state index is -1.93.